The predicted octanol–water partition coefficient (Wildman–Crippen LogP) is 3.58. The summed E-state index contributed by atoms with van der Waals surface area (Å²) in [6.45, 7) is 6.04. The van der Waals surface area contributed by atoms with Crippen molar-refractivity contribution in [2.24, 2.45) is 0 Å². The van der Waals surface area contributed by atoms with Crippen LogP contribution in [-0.2, 0) is 0 Å². The highest BCUT2D eigenvalue weighted by Crippen LogP contribution is 2.22. The first-order chi connectivity index (χ1) is 7.31. The summed E-state index contributed by atoms with van der Waals surface area (Å²) in [7, 11) is 1.68. The van der Waals surface area contributed by atoms with Gasteiger partial charge in [0.1, 0.15) is 5.75 Å². The Hall–Kier alpha value is -1.57. The number of aromatic nitrogens is 1. The van der Waals surface area contributed by atoms with Crippen molar-refractivity contribution in [3.63, 3.8) is 0 Å². The van der Waals surface area contributed by atoms with E-state index in [9.17, 15) is 0 Å². The van der Waals surface area contributed by atoms with E-state index in [0.29, 0.717) is 0 Å². The first kappa shape index (κ1) is 11.5. The molecule has 0 fully saturated rings. The summed E-state index contributed by atoms with van der Waals surface area (Å²) in [5, 5.41) is 1.12. The molecule has 2 rings (SSSR count). The molecule has 0 aliphatic rings. The van der Waals surface area contributed by atoms with Crippen LogP contribution in [0.15, 0.2) is 30.5 Å². The number of hydrogen-bond acceptors (Lipinski definition) is 2. The molecule has 80 valence electrons. The second-order valence-electron chi connectivity index (χ2n) is 3.02. The van der Waals surface area contributed by atoms with E-state index in [2.05, 4.69) is 4.98 Å². The van der Waals surface area contributed by atoms with Crippen LogP contribution in [-0.4, -0.2) is 12.1 Å². The van der Waals surface area contributed by atoms with Crippen LogP contribution in [0, 0.1) is 6.92 Å². The lowest BCUT2D eigenvalue weighted by molar-refractivity contribution is 0.415. The van der Waals surface area contributed by atoms with Crippen molar-refractivity contribution >= 4 is 10.9 Å². The summed E-state index contributed by atoms with van der Waals surface area (Å²) in [6.07, 6.45) is 1.81. The topological polar surface area (TPSA) is 22.1 Å². The first-order valence-electron chi connectivity index (χ1n) is 5.20. The van der Waals surface area contributed by atoms with Crippen molar-refractivity contribution in [3.05, 3.63) is 36.0 Å². The fourth-order valence-corrected chi connectivity index (χ4v) is 1.46. The minimum atomic E-state index is 0.887. The minimum Gasteiger partial charge on any atom is -0.497 e. The summed E-state index contributed by atoms with van der Waals surface area (Å²) >= 11 is 0. The van der Waals surface area contributed by atoms with Crippen LogP contribution in [0.25, 0.3) is 10.9 Å². The highest BCUT2D eigenvalue weighted by atomic mass is 16.5. The molecule has 0 bridgehead atoms. The largest absolute Gasteiger partial charge is 0.497 e. The van der Waals surface area contributed by atoms with Crippen LogP contribution in [0.4, 0.5) is 0 Å². The summed E-state index contributed by atoms with van der Waals surface area (Å²) in [6, 6.07) is 7.96. The number of aryl methyl sites for hydroxylation is 1. The van der Waals surface area contributed by atoms with Crippen molar-refractivity contribution in [1.82, 2.24) is 4.98 Å². The Bertz CT molecular complexity index is 437. The molecule has 0 amide bonds. The van der Waals surface area contributed by atoms with Gasteiger partial charge in [-0.3, -0.25) is 4.98 Å². The van der Waals surface area contributed by atoms with Gasteiger partial charge in [-0.25, -0.2) is 0 Å². The molecule has 2 heteroatoms. The number of hydrogen-bond donors (Lipinski definition) is 0. The highest BCUT2D eigenvalue weighted by Gasteiger charge is 2.00. The van der Waals surface area contributed by atoms with Crippen LogP contribution in [0.3, 0.4) is 0 Å². The zero-order chi connectivity index (χ0) is 11.3. The molecule has 0 unspecified atom stereocenters. The molecule has 0 aliphatic heterocycles. The van der Waals surface area contributed by atoms with Gasteiger partial charge in [-0.2, -0.15) is 0 Å². The van der Waals surface area contributed by atoms with E-state index >= 15 is 0 Å². The second kappa shape index (κ2) is 5.35. The summed E-state index contributed by atoms with van der Waals surface area (Å²) in [5.74, 6) is 0.887. The number of benzene rings is 1. The van der Waals surface area contributed by atoms with Crippen LogP contribution in [0.1, 0.15) is 19.4 Å². The molecule has 0 aliphatic carbocycles. The van der Waals surface area contributed by atoms with E-state index in [1.54, 1.807) is 7.11 Å². The van der Waals surface area contributed by atoms with Gasteiger partial charge in [-0.15, -0.1) is 0 Å². The minimum absolute atomic E-state index is 0.887. The molecule has 0 N–H and O–H groups in total. The number of pyridine rings is 1. The zero-order valence-electron chi connectivity index (χ0n) is 9.74. The second-order valence-corrected chi connectivity index (χ2v) is 3.02. The Morgan fingerprint density at radius 3 is 2.60 bits per heavy atom. The normalized spacial score (nSPS) is 9.33. The lowest BCUT2D eigenvalue weighted by Gasteiger charge is -2.04. The third-order valence-corrected chi connectivity index (χ3v) is 2.10. The fraction of sp³-hybridized carbons (Fsp3) is 0.308. The van der Waals surface area contributed by atoms with Gasteiger partial charge in [0.15, 0.2) is 0 Å². The number of fused-ring (bicyclic) bond motifs is 1. The average molecular weight is 203 g/mol. The van der Waals surface area contributed by atoms with Crippen molar-refractivity contribution in [2.45, 2.75) is 20.8 Å². The van der Waals surface area contributed by atoms with Crippen molar-refractivity contribution in [1.29, 1.82) is 0 Å². The monoisotopic (exact) mass is 203 g/mol. The van der Waals surface area contributed by atoms with E-state index < -0.39 is 0 Å². The Kier molecular flexibility index (Phi) is 4.10. The van der Waals surface area contributed by atoms with E-state index in [1.807, 2.05) is 51.2 Å². The SMILES string of the molecule is CC.COc1cc(C)c2ncccc2c1. The summed E-state index contributed by atoms with van der Waals surface area (Å²) in [4.78, 5) is 4.30. The number of methoxy groups -OCH3 is 1. The molecule has 1 aromatic carbocycles. The van der Waals surface area contributed by atoms with Gasteiger partial charge in [0.05, 0.1) is 12.6 Å². The molecule has 1 aromatic heterocycles. The lowest BCUT2D eigenvalue weighted by atomic mass is 10.1. The van der Waals surface area contributed by atoms with Gasteiger partial charge < -0.3 is 4.74 Å². The Morgan fingerprint density at radius 2 is 1.93 bits per heavy atom. The molecular weight excluding hydrogens is 186 g/mol. The van der Waals surface area contributed by atoms with Crippen LogP contribution < -0.4 is 4.74 Å². The van der Waals surface area contributed by atoms with Crippen LogP contribution in [0.5, 0.6) is 5.75 Å². The summed E-state index contributed by atoms with van der Waals surface area (Å²) in [5.41, 5.74) is 2.19. The molecule has 0 radical (unpaired) electrons. The van der Waals surface area contributed by atoms with Crippen molar-refractivity contribution in [2.75, 3.05) is 7.11 Å². The Labute approximate surface area is 90.9 Å². The maximum atomic E-state index is 5.18. The molecule has 1 heterocycles. The smallest absolute Gasteiger partial charge is 0.119 e. The summed E-state index contributed by atoms with van der Waals surface area (Å²) < 4.78 is 5.18. The standard InChI is InChI=1S/C11H11NO.C2H6/c1-8-6-10(13-2)7-9-4-3-5-12-11(8)9;1-2/h3-7H,1-2H3;1-2H3. The molecular formula is C13H17NO. The Morgan fingerprint density at radius 1 is 1.20 bits per heavy atom. The number of rotatable bonds is 1. The third kappa shape index (κ3) is 2.46. The fourth-order valence-electron chi connectivity index (χ4n) is 1.46. The average Bonchev–Trinajstić information content (AvgIpc) is 2.31. The highest BCUT2D eigenvalue weighted by molar-refractivity contribution is 5.83. The quantitative estimate of drug-likeness (QED) is 0.706. The van der Waals surface area contributed by atoms with E-state index in [0.717, 1.165) is 22.2 Å². The maximum Gasteiger partial charge on any atom is 0.119 e. The molecule has 0 saturated carbocycles. The lowest BCUT2D eigenvalue weighted by Crippen LogP contribution is -1.87. The molecule has 2 aromatic rings. The molecule has 15 heavy (non-hydrogen) atoms. The molecule has 0 atom stereocenters. The van der Waals surface area contributed by atoms with Gasteiger partial charge >= 0.3 is 0 Å². The van der Waals surface area contributed by atoms with Crippen molar-refractivity contribution in [3.8, 4) is 5.75 Å². The predicted molar refractivity (Wildman–Crippen MR) is 64.4 cm³/mol. The van der Waals surface area contributed by atoms with E-state index in [4.69, 9.17) is 4.74 Å². The number of nitrogens with zero attached hydrogens (tertiary/aromatic N) is 1. The van der Waals surface area contributed by atoms with Crippen LogP contribution >= 0.6 is 0 Å². The molecule has 0 saturated heterocycles. The number of ether oxygens (including phenoxy) is 1. The molecule has 0 spiro atoms. The Balaban J connectivity index is 0.000000531. The van der Waals surface area contributed by atoms with E-state index in [1.165, 1.54) is 0 Å². The first-order valence-corrected chi connectivity index (χ1v) is 5.20. The third-order valence-electron chi connectivity index (χ3n) is 2.10. The van der Waals surface area contributed by atoms with Gasteiger partial charge in [0.2, 0.25) is 0 Å². The van der Waals surface area contributed by atoms with Gasteiger partial charge in [-0.05, 0) is 30.7 Å². The van der Waals surface area contributed by atoms with Gasteiger partial charge in [-0.1, -0.05) is 19.9 Å². The maximum absolute atomic E-state index is 5.18. The van der Waals surface area contributed by atoms with Crippen LogP contribution in [0.2, 0.25) is 0 Å². The van der Waals surface area contributed by atoms with Gasteiger partial charge in [0.25, 0.3) is 0 Å². The zero-order valence-corrected chi connectivity index (χ0v) is 9.74. The van der Waals surface area contributed by atoms with Crippen molar-refractivity contribution < 1.29 is 4.74 Å². The van der Waals surface area contributed by atoms with Gasteiger partial charge in [0, 0.05) is 11.6 Å². The van der Waals surface area contributed by atoms with E-state index in [-0.39, 0.29) is 0 Å². The molecule has 2 nitrogen and oxygen atoms in total.